The Kier molecular flexibility index (Phi) is 5.92. The zero-order chi connectivity index (χ0) is 25.6. The molecular weight excluding hydrogens is 463 g/mol. The highest BCUT2D eigenvalue weighted by atomic mass is 19.1. The maximum absolute atomic E-state index is 14.4. The summed E-state index contributed by atoms with van der Waals surface area (Å²) in [5.41, 5.74) is 3.79. The van der Waals surface area contributed by atoms with Crippen LogP contribution in [-0.4, -0.2) is 45.7 Å². The molecule has 3 heterocycles. The van der Waals surface area contributed by atoms with Crippen molar-refractivity contribution in [2.24, 2.45) is 0 Å². The average molecular weight is 491 g/mol. The van der Waals surface area contributed by atoms with E-state index in [0.29, 0.717) is 18.5 Å². The molecule has 2 aromatic carbocycles. The van der Waals surface area contributed by atoms with Crippen LogP contribution in [0.5, 0.6) is 5.75 Å². The predicted octanol–water partition coefficient (Wildman–Crippen LogP) is 5.19. The van der Waals surface area contributed by atoms with Crippen LogP contribution in [-0.2, 0) is 14.9 Å². The zero-order valence-electron chi connectivity index (χ0n) is 20.3. The molecule has 0 aliphatic carbocycles. The maximum Gasteiger partial charge on any atom is 0.332 e. The van der Waals surface area contributed by atoms with Crippen molar-refractivity contribution in [2.45, 2.75) is 50.5 Å². The van der Waals surface area contributed by atoms with Gasteiger partial charge in [-0.2, -0.15) is 10.4 Å². The summed E-state index contributed by atoms with van der Waals surface area (Å²) >= 11 is 0. The Morgan fingerprint density at radius 1 is 1.36 bits per heavy atom. The van der Waals surface area contributed by atoms with Crippen molar-refractivity contribution in [1.82, 2.24) is 14.8 Å². The van der Waals surface area contributed by atoms with Gasteiger partial charge in [-0.25, -0.2) is 9.18 Å². The number of fused-ring (bicyclic) bond motifs is 2. The number of carbonyl (C=O) groups is 1. The van der Waals surface area contributed by atoms with Crippen LogP contribution >= 0.6 is 0 Å². The summed E-state index contributed by atoms with van der Waals surface area (Å²) in [6, 6.07) is 11.1. The van der Waals surface area contributed by atoms with E-state index >= 15 is 0 Å². The maximum atomic E-state index is 14.4. The number of methoxy groups -OCH3 is 1. The number of aromatic amines is 1. The minimum Gasteiger partial charge on any atom is -0.494 e. The van der Waals surface area contributed by atoms with Gasteiger partial charge in [0.05, 0.1) is 37.0 Å². The number of benzene rings is 2. The van der Waals surface area contributed by atoms with Crippen molar-refractivity contribution < 1.29 is 23.8 Å². The summed E-state index contributed by atoms with van der Waals surface area (Å²) in [6.07, 6.45) is 2.18. The molecule has 0 amide bonds. The Balaban J connectivity index is 1.84. The number of hydrogen-bond donors (Lipinski definition) is 2. The highest BCUT2D eigenvalue weighted by Crippen LogP contribution is 2.45. The number of nitriles is 1. The van der Waals surface area contributed by atoms with Gasteiger partial charge in [0.25, 0.3) is 0 Å². The van der Waals surface area contributed by atoms with E-state index in [1.807, 2.05) is 26.0 Å². The van der Waals surface area contributed by atoms with Crippen LogP contribution in [0, 0.1) is 17.1 Å². The molecule has 2 N–H and O–H groups in total. The number of nitrogens with zero attached hydrogens (tertiary/aromatic N) is 3. The normalized spacial score (nSPS) is 18.4. The van der Waals surface area contributed by atoms with E-state index in [9.17, 15) is 19.6 Å². The molecule has 36 heavy (non-hydrogen) atoms. The lowest BCUT2D eigenvalue weighted by molar-refractivity contribution is -0.153. The molecule has 186 valence electrons. The van der Waals surface area contributed by atoms with Gasteiger partial charge in [0, 0.05) is 46.0 Å². The van der Waals surface area contributed by atoms with E-state index in [1.54, 1.807) is 18.3 Å². The first-order chi connectivity index (χ1) is 17.2. The number of carboxylic acids is 1. The second-order valence-corrected chi connectivity index (χ2v) is 9.90. The van der Waals surface area contributed by atoms with Crippen molar-refractivity contribution in [2.75, 3.05) is 13.7 Å². The van der Waals surface area contributed by atoms with Crippen LogP contribution in [0.3, 0.4) is 0 Å². The van der Waals surface area contributed by atoms with E-state index in [-0.39, 0.29) is 24.7 Å². The van der Waals surface area contributed by atoms with Gasteiger partial charge in [-0.05, 0) is 42.7 Å². The quantitative estimate of drug-likeness (QED) is 0.384. The minimum atomic E-state index is -0.960. The van der Waals surface area contributed by atoms with Crippen LogP contribution < -0.4 is 4.74 Å². The Morgan fingerprint density at radius 3 is 2.83 bits per heavy atom. The van der Waals surface area contributed by atoms with Gasteiger partial charge < -0.3 is 19.1 Å². The second-order valence-electron chi connectivity index (χ2n) is 9.90. The molecule has 1 saturated heterocycles. The predicted molar refractivity (Wildman–Crippen MR) is 132 cm³/mol. The van der Waals surface area contributed by atoms with Crippen LogP contribution in [0.4, 0.5) is 4.39 Å². The van der Waals surface area contributed by atoms with Gasteiger partial charge in [-0.1, -0.05) is 13.8 Å². The molecule has 0 unspecified atom stereocenters. The smallest absolute Gasteiger partial charge is 0.332 e. The standard InChI is InChI=1S/C27H27FN4O4/c1-27(2,8-9-29)25-24(15-4-7-22(26(33)34)36-14-15)18-12-20-16(13-30-31-20)10-21(18)32(25)17-5-6-19(28)23(11-17)35-3/h5-6,10-13,15,22H,4,7-8,14H2,1-3H3,(H,30,31)(H,33,34)/t15-,22+/m1/s1. The fourth-order valence-electron chi connectivity index (χ4n) is 5.34. The van der Waals surface area contributed by atoms with E-state index < -0.39 is 23.3 Å². The summed E-state index contributed by atoms with van der Waals surface area (Å²) < 4.78 is 27.5. The zero-order valence-corrected chi connectivity index (χ0v) is 20.3. The molecule has 5 rings (SSSR count). The lowest BCUT2D eigenvalue weighted by atomic mass is 9.78. The summed E-state index contributed by atoms with van der Waals surface area (Å²) in [5.74, 6) is -1.39. The number of H-pyrrole nitrogens is 1. The van der Waals surface area contributed by atoms with Gasteiger partial charge in [0.15, 0.2) is 17.7 Å². The van der Waals surface area contributed by atoms with E-state index in [1.165, 1.54) is 13.2 Å². The van der Waals surface area contributed by atoms with Crippen molar-refractivity contribution in [3.05, 3.63) is 53.6 Å². The van der Waals surface area contributed by atoms with Crippen LogP contribution in [0.15, 0.2) is 36.5 Å². The van der Waals surface area contributed by atoms with Crippen molar-refractivity contribution in [1.29, 1.82) is 5.26 Å². The third-order valence-corrected chi connectivity index (χ3v) is 7.08. The second kappa shape index (κ2) is 8.95. The largest absolute Gasteiger partial charge is 0.494 e. The van der Waals surface area contributed by atoms with Gasteiger partial charge in [-0.15, -0.1) is 0 Å². The van der Waals surface area contributed by atoms with Gasteiger partial charge in [-0.3, -0.25) is 5.10 Å². The molecule has 0 saturated carbocycles. The van der Waals surface area contributed by atoms with Gasteiger partial charge >= 0.3 is 5.97 Å². The number of halogens is 1. The first kappa shape index (κ1) is 23.8. The van der Waals surface area contributed by atoms with Crippen LogP contribution in [0.25, 0.3) is 27.5 Å². The Bertz CT molecular complexity index is 1510. The van der Waals surface area contributed by atoms with Gasteiger partial charge in [0.2, 0.25) is 0 Å². The summed E-state index contributed by atoms with van der Waals surface area (Å²) in [5, 5.41) is 28.2. The van der Waals surface area contributed by atoms with Crippen LogP contribution in [0.1, 0.15) is 50.3 Å². The first-order valence-corrected chi connectivity index (χ1v) is 11.8. The fraction of sp³-hybridized carbons (Fsp3) is 0.370. The highest BCUT2D eigenvalue weighted by molar-refractivity contribution is 5.99. The summed E-state index contributed by atoms with van der Waals surface area (Å²) in [6.45, 7) is 4.28. The number of hydrogen-bond acceptors (Lipinski definition) is 5. The number of nitrogens with one attached hydrogen (secondary N) is 1. The number of ether oxygens (including phenoxy) is 2. The molecule has 2 atom stereocenters. The molecule has 0 spiro atoms. The molecule has 9 heteroatoms. The highest BCUT2D eigenvalue weighted by Gasteiger charge is 2.37. The molecule has 8 nitrogen and oxygen atoms in total. The molecule has 4 aromatic rings. The summed E-state index contributed by atoms with van der Waals surface area (Å²) in [7, 11) is 1.43. The third-order valence-electron chi connectivity index (χ3n) is 7.08. The van der Waals surface area contributed by atoms with Crippen molar-refractivity contribution in [3.63, 3.8) is 0 Å². The lowest BCUT2D eigenvalue weighted by Crippen LogP contribution is -2.32. The summed E-state index contributed by atoms with van der Waals surface area (Å²) in [4.78, 5) is 11.5. The number of aromatic nitrogens is 3. The minimum absolute atomic E-state index is 0.0833. The lowest BCUT2D eigenvalue weighted by Gasteiger charge is -2.32. The monoisotopic (exact) mass is 490 g/mol. The average Bonchev–Trinajstić information content (AvgIpc) is 3.45. The number of aliphatic carboxylic acids is 1. The molecule has 1 aliphatic rings. The van der Waals surface area contributed by atoms with E-state index in [0.717, 1.165) is 33.1 Å². The third kappa shape index (κ3) is 3.88. The number of rotatable bonds is 6. The first-order valence-electron chi connectivity index (χ1n) is 11.8. The molecule has 2 aromatic heterocycles. The van der Waals surface area contributed by atoms with E-state index in [2.05, 4.69) is 20.8 Å². The Morgan fingerprint density at radius 2 is 2.17 bits per heavy atom. The molecule has 1 aliphatic heterocycles. The molecular formula is C27H27FN4O4. The SMILES string of the molecule is COc1cc(-n2c(C(C)(C)CC#N)c([C@@H]3CC[C@@H](C(=O)O)OC3)c3cc4[nH]ncc4cc32)ccc1F. The van der Waals surface area contributed by atoms with E-state index in [4.69, 9.17) is 9.47 Å². The Labute approximate surface area is 207 Å². The van der Waals surface area contributed by atoms with Crippen LogP contribution in [0.2, 0.25) is 0 Å². The molecule has 0 radical (unpaired) electrons. The molecule has 0 bridgehead atoms. The van der Waals surface area contributed by atoms with Gasteiger partial charge in [0.1, 0.15) is 0 Å². The fourth-order valence-corrected chi connectivity index (χ4v) is 5.34. The molecule has 1 fully saturated rings. The Hall–Kier alpha value is -3.90. The number of carboxylic acid groups (broad SMARTS) is 1. The van der Waals surface area contributed by atoms with Crippen molar-refractivity contribution >= 4 is 27.8 Å². The topological polar surface area (TPSA) is 113 Å². The van der Waals surface area contributed by atoms with Crippen molar-refractivity contribution in [3.8, 4) is 17.5 Å².